The molecule has 1 aromatic carbocycles. The molecular formula is C11H11N3. The first-order chi connectivity index (χ1) is 6.77. The Morgan fingerprint density at radius 2 is 2.14 bits per heavy atom. The van der Waals surface area contributed by atoms with Crippen molar-refractivity contribution in [1.82, 2.24) is 4.98 Å². The number of fused-ring (bicyclic) bond motifs is 1. The molecule has 3 nitrogen and oxygen atoms in total. The van der Waals surface area contributed by atoms with Crippen molar-refractivity contribution in [2.24, 2.45) is 5.73 Å². The third-order valence-corrected chi connectivity index (χ3v) is 2.06. The molecular weight excluding hydrogens is 174 g/mol. The summed E-state index contributed by atoms with van der Waals surface area (Å²) in [5.74, 6) is 0.0651. The summed E-state index contributed by atoms with van der Waals surface area (Å²) in [6.45, 7) is 0. The van der Waals surface area contributed by atoms with Gasteiger partial charge in [0.05, 0.1) is 0 Å². The first-order valence-corrected chi connectivity index (χ1v) is 4.35. The van der Waals surface area contributed by atoms with Crippen molar-refractivity contribution in [3.63, 3.8) is 0 Å². The molecule has 2 rings (SSSR count). The van der Waals surface area contributed by atoms with Crippen LogP contribution in [0.2, 0.25) is 0 Å². The Hall–Kier alpha value is -2.03. The number of hydrogen-bond donors (Lipinski definition) is 3. The van der Waals surface area contributed by atoms with E-state index in [0.29, 0.717) is 0 Å². The molecule has 0 saturated carbocycles. The highest BCUT2D eigenvalue weighted by molar-refractivity contribution is 5.96. The van der Waals surface area contributed by atoms with E-state index in [9.17, 15) is 0 Å². The number of aromatic amines is 1. The van der Waals surface area contributed by atoms with E-state index in [1.807, 2.05) is 36.5 Å². The zero-order valence-electron chi connectivity index (χ0n) is 7.62. The van der Waals surface area contributed by atoms with Gasteiger partial charge < -0.3 is 10.7 Å². The van der Waals surface area contributed by atoms with Crippen LogP contribution in [0.5, 0.6) is 0 Å². The molecule has 0 aliphatic carbocycles. The summed E-state index contributed by atoms with van der Waals surface area (Å²) in [6, 6.07) is 8.02. The van der Waals surface area contributed by atoms with E-state index in [0.717, 1.165) is 16.5 Å². The summed E-state index contributed by atoms with van der Waals surface area (Å²) in [6.07, 6.45) is 5.32. The Morgan fingerprint density at radius 3 is 2.93 bits per heavy atom. The van der Waals surface area contributed by atoms with Crippen molar-refractivity contribution < 1.29 is 0 Å². The number of nitrogens with one attached hydrogen (secondary N) is 2. The average molecular weight is 185 g/mol. The van der Waals surface area contributed by atoms with Crippen molar-refractivity contribution in [1.29, 1.82) is 5.41 Å². The van der Waals surface area contributed by atoms with Crippen molar-refractivity contribution in [2.75, 3.05) is 0 Å². The van der Waals surface area contributed by atoms with Crippen LogP contribution >= 0.6 is 0 Å². The first kappa shape index (κ1) is 8.56. The second-order valence-electron chi connectivity index (χ2n) is 3.08. The van der Waals surface area contributed by atoms with Gasteiger partial charge in [-0.3, -0.25) is 5.41 Å². The highest BCUT2D eigenvalue weighted by atomic mass is 14.7. The van der Waals surface area contributed by atoms with Crippen molar-refractivity contribution in [2.45, 2.75) is 0 Å². The van der Waals surface area contributed by atoms with Crippen LogP contribution in [0.1, 0.15) is 5.56 Å². The summed E-state index contributed by atoms with van der Waals surface area (Å²) < 4.78 is 0. The molecule has 1 aromatic heterocycles. The van der Waals surface area contributed by atoms with E-state index in [4.69, 9.17) is 11.1 Å². The van der Waals surface area contributed by atoms with Crippen molar-refractivity contribution >= 4 is 22.8 Å². The molecule has 0 radical (unpaired) electrons. The number of benzene rings is 1. The normalized spacial score (nSPS) is 11.1. The van der Waals surface area contributed by atoms with E-state index in [1.54, 1.807) is 6.08 Å². The van der Waals surface area contributed by atoms with E-state index >= 15 is 0 Å². The Balaban J connectivity index is 2.48. The number of hydrogen-bond acceptors (Lipinski definition) is 1. The lowest BCUT2D eigenvalue weighted by atomic mass is 10.1. The monoisotopic (exact) mass is 185 g/mol. The van der Waals surface area contributed by atoms with Gasteiger partial charge in [0.25, 0.3) is 0 Å². The lowest BCUT2D eigenvalue weighted by Gasteiger charge is -1.90. The van der Waals surface area contributed by atoms with Gasteiger partial charge >= 0.3 is 0 Å². The number of nitrogens with two attached hydrogens (primary N) is 1. The number of H-pyrrole nitrogens is 1. The predicted octanol–water partition coefficient (Wildman–Crippen LogP) is 2.12. The molecule has 0 bridgehead atoms. The maximum absolute atomic E-state index is 7.09. The fourth-order valence-corrected chi connectivity index (χ4v) is 1.41. The van der Waals surface area contributed by atoms with Crippen LogP contribution in [0.3, 0.4) is 0 Å². The topological polar surface area (TPSA) is 65.7 Å². The maximum Gasteiger partial charge on any atom is 0.115 e. The molecule has 0 atom stereocenters. The number of amidine groups is 1. The van der Waals surface area contributed by atoms with Gasteiger partial charge in [0.2, 0.25) is 0 Å². The number of aromatic nitrogens is 1. The molecule has 1 heterocycles. The van der Waals surface area contributed by atoms with E-state index < -0.39 is 0 Å². The number of para-hydroxylation sites is 1. The summed E-state index contributed by atoms with van der Waals surface area (Å²) in [4.78, 5) is 3.15. The molecule has 0 unspecified atom stereocenters. The van der Waals surface area contributed by atoms with Crippen LogP contribution in [-0.2, 0) is 0 Å². The van der Waals surface area contributed by atoms with Gasteiger partial charge in [-0.15, -0.1) is 0 Å². The van der Waals surface area contributed by atoms with Crippen molar-refractivity contribution in [3.8, 4) is 0 Å². The molecule has 0 fully saturated rings. The van der Waals surface area contributed by atoms with E-state index in [2.05, 4.69) is 4.98 Å². The summed E-state index contributed by atoms with van der Waals surface area (Å²) in [7, 11) is 0. The minimum atomic E-state index is 0.0651. The third-order valence-electron chi connectivity index (χ3n) is 2.06. The van der Waals surface area contributed by atoms with Crippen LogP contribution in [-0.4, -0.2) is 10.8 Å². The van der Waals surface area contributed by atoms with Crippen LogP contribution in [0.4, 0.5) is 0 Å². The van der Waals surface area contributed by atoms with Crippen molar-refractivity contribution in [3.05, 3.63) is 42.1 Å². The molecule has 70 valence electrons. The van der Waals surface area contributed by atoms with Gasteiger partial charge in [-0.25, -0.2) is 0 Å². The zero-order valence-corrected chi connectivity index (χ0v) is 7.62. The fourth-order valence-electron chi connectivity index (χ4n) is 1.41. The van der Waals surface area contributed by atoms with E-state index in [-0.39, 0.29) is 5.84 Å². The minimum absolute atomic E-state index is 0.0651. The number of rotatable bonds is 2. The van der Waals surface area contributed by atoms with Gasteiger partial charge in [0.15, 0.2) is 0 Å². The second-order valence-corrected chi connectivity index (χ2v) is 3.08. The van der Waals surface area contributed by atoms with Gasteiger partial charge in [-0.1, -0.05) is 18.2 Å². The first-order valence-electron chi connectivity index (χ1n) is 4.35. The van der Waals surface area contributed by atoms with E-state index in [1.165, 1.54) is 0 Å². The molecule has 0 amide bonds. The SMILES string of the molecule is N=C(N)C=Cc1c[nH]c2ccccc12. The predicted molar refractivity (Wildman–Crippen MR) is 59.2 cm³/mol. The molecule has 0 aliphatic rings. The smallest absolute Gasteiger partial charge is 0.115 e. The molecule has 0 aliphatic heterocycles. The molecule has 3 heteroatoms. The Morgan fingerprint density at radius 1 is 1.36 bits per heavy atom. The highest BCUT2D eigenvalue weighted by Gasteiger charge is 1.97. The summed E-state index contributed by atoms with van der Waals surface area (Å²) in [5.41, 5.74) is 7.38. The minimum Gasteiger partial charge on any atom is -0.384 e. The average Bonchev–Trinajstić information content (AvgIpc) is 2.58. The standard InChI is InChI=1S/C11H11N3/c12-11(13)6-5-8-7-14-10-4-2-1-3-9(8)10/h1-7,14H,(H3,12,13). The summed E-state index contributed by atoms with van der Waals surface area (Å²) in [5, 5.41) is 8.23. The van der Waals surface area contributed by atoms with Crippen LogP contribution in [0.25, 0.3) is 17.0 Å². The van der Waals surface area contributed by atoms with Crippen LogP contribution in [0.15, 0.2) is 36.5 Å². The second kappa shape index (κ2) is 3.38. The highest BCUT2D eigenvalue weighted by Crippen LogP contribution is 2.18. The van der Waals surface area contributed by atoms with Gasteiger partial charge in [0, 0.05) is 17.1 Å². The largest absolute Gasteiger partial charge is 0.384 e. The van der Waals surface area contributed by atoms with Crippen LogP contribution < -0.4 is 5.73 Å². The Bertz CT molecular complexity index is 494. The van der Waals surface area contributed by atoms with Gasteiger partial charge in [-0.05, 0) is 23.8 Å². The fraction of sp³-hybridized carbons (Fsp3) is 0. The lowest BCUT2D eigenvalue weighted by molar-refractivity contribution is 1.46. The molecule has 2 aromatic rings. The summed E-state index contributed by atoms with van der Waals surface area (Å²) >= 11 is 0. The lowest BCUT2D eigenvalue weighted by Crippen LogP contribution is -2.03. The van der Waals surface area contributed by atoms with Gasteiger partial charge in [-0.2, -0.15) is 0 Å². The Kier molecular flexibility index (Phi) is 2.07. The zero-order chi connectivity index (χ0) is 9.97. The Labute approximate surface area is 81.8 Å². The molecule has 0 spiro atoms. The molecule has 0 saturated heterocycles. The van der Waals surface area contributed by atoms with Gasteiger partial charge in [0.1, 0.15) is 5.84 Å². The quantitative estimate of drug-likeness (QED) is 0.487. The molecule has 4 N–H and O–H groups in total. The van der Waals surface area contributed by atoms with Crippen LogP contribution in [0, 0.1) is 5.41 Å². The molecule has 14 heavy (non-hydrogen) atoms. The maximum atomic E-state index is 7.09. The third kappa shape index (κ3) is 1.52.